The summed E-state index contributed by atoms with van der Waals surface area (Å²) in [4.78, 5) is 2.70. The maximum Gasteiger partial charge on any atom is 0.0394 e. The summed E-state index contributed by atoms with van der Waals surface area (Å²) >= 11 is 3.88. The molecule has 2 heterocycles. The van der Waals surface area contributed by atoms with Gasteiger partial charge in [-0.3, -0.25) is 0 Å². The first kappa shape index (κ1) is 19.2. The van der Waals surface area contributed by atoms with Crippen LogP contribution < -0.4 is 0 Å². The van der Waals surface area contributed by atoms with Crippen LogP contribution in [0.1, 0.15) is 31.7 Å². The highest BCUT2D eigenvalue weighted by Gasteiger charge is 2.25. The zero-order valence-corrected chi connectivity index (χ0v) is 19.3. The average Bonchev–Trinajstić information content (AvgIpc) is 3.13. The maximum atomic E-state index is 2.52. The quantitative estimate of drug-likeness (QED) is 0.248. The van der Waals surface area contributed by atoms with Crippen molar-refractivity contribution in [3.63, 3.8) is 0 Å². The van der Waals surface area contributed by atoms with Crippen molar-refractivity contribution < 1.29 is 0 Å². The molecule has 0 unspecified atom stereocenters. The lowest BCUT2D eigenvalue weighted by Gasteiger charge is -2.15. The number of thiophene rings is 1. The average molecular weight is 437 g/mol. The van der Waals surface area contributed by atoms with Crippen molar-refractivity contribution in [2.45, 2.75) is 42.4 Å². The van der Waals surface area contributed by atoms with E-state index in [0.29, 0.717) is 0 Å². The molecule has 0 nitrogen and oxygen atoms in total. The Morgan fingerprint density at radius 2 is 1.42 bits per heavy atom. The zero-order valence-electron chi connectivity index (χ0n) is 17.7. The van der Waals surface area contributed by atoms with E-state index in [9.17, 15) is 0 Å². The molecule has 0 spiro atoms. The first-order chi connectivity index (χ1) is 15.3. The van der Waals surface area contributed by atoms with Crippen LogP contribution in [-0.4, -0.2) is 0 Å². The summed E-state index contributed by atoms with van der Waals surface area (Å²) < 4.78 is 2.88. The number of rotatable bonds is 4. The van der Waals surface area contributed by atoms with Gasteiger partial charge in [0.15, 0.2) is 0 Å². The molecule has 152 valence electrons. The molecule has 0 atom stereocenters. The van der Waals surface area contributed by atoms with E-state index in [-0.39, 0.29) is 0 Å². The van der Waals surface area contributed by atoms with Crippen LogP contribution in [0.25, 0.3) is 42.4 Å². The fourth-order valence-electron chi connectivity index (χ4n) is 4.87. The van der Waals surface area contributed by atoms with E-state index < -0.39 is 0 Å². The highest BCUT2D eigenvalue weighted by atomic mass is 32.2. The Hall–Kier alpha value is -2.55. The van der Waals surface area contributed by atoms with Gasteiger partial charge in [0.05, 0.1) is 0 Å². The fourth-order valence-corrected chi connectivity index (χ4v) is 7.22. The molecule has 31 heavy (non-hydrogen) atoms. The van der Waals surface area contributed by atoms with E-state index in [0.717, 1.165) is 6.42 Å². The molecule has 0 saturated heterocycles. The van der Waals surface area contributed by atoms with Gasteiger partial charge in [0.1, 0.15) is 0 Å². The third-order valence-electron chi connectivity index (χ3n) is 6.33. The van der Waals surface area contributed by atoms with Gasteiger partial charge in [0.25, 0.3) is 0 Å². The van der Waals surface area contributed by atoms with Crippen LogP contribution in [-0.2, 0) is 6.42 Å². The largest absolute Gasteiger partial charge is 0.135 e. The molecule has 1 aliphatic rings. The van der Waals surface area contributed by atoms with Crippen molar-refractivity contribution in [1.82, 2.24) is 0 Å². The normalized spacial score (nSPS) is 12.4. The Bertz CT molecular complexity index is 1420. The van der Waals surface area contributed by atoms with Gasteiger partial charge in [-0.25, -0.2) is 0 Å². The molecule has 0 saturated carbocycles. The van der Waals surface area contributed by atoms with Crippen LogP contribution in [0.3, 0.4) is 0 Å². The van der Waals surface area contributed by atoms with Crippen LogP contribution in [0, 0.1) is 0 Å². The minimum absolute atomic E-state index is 1.15. The summed E-state index contributed by atoms with van der Waals surface area (Å²) in [7, 11) is 0. The fraction of sp³-hybridized carbons (Fsp3) is 0.172. The van der Waals surface area contributed by atoms with Gasteiger partial charge in [-0.15, -0.1) is 11.3 Å². The zero-order chi connectivity index (χ0) is 20.8. The molecule has 2 heteroatoms. The summed E-state index contributed by atoms with van der Waals surface area (Å²) in [5.41, 5.74) is 7.07. The van der Waals surface area contributed by atoms with E-state index in [1.165, 1.54) is 77.0 Å². The van der Waals surface area contributed by atoms with Crippen LogP contribution in [0.4, 0.5) is 0 Å². The van der Waals surface area contributed by atoms with E-state index in [2.05, 4.69) is 85.8 Å². The van der Waals surface area contributed by atoms with Crippen molar-refractivity contribution in [3.05, 3.63) is 84.4 Å². The Balaban J connectivity index is 1.78. The van der Waals surface area contributed by atoms with Crippen molar-refractivity contribution in [1.29, 1.82) is 0 Å². The Morgan fingerprint density at radius 1 is 0.710 bits per heavy atom. The SMILES string of the molecule is CCCCCc1cc2c(c3c1sc1ccccc13)-c1ccccc1Sc1ccccc1-2. The minimum Gasteiger partial charge on any atom is -0.135 e. The third kappa shape index (κ3) is 3.12. The standard InChI is InChI=1S/C29H24S2/c1-2-3-4-11-19-18-23-20-12-5-8-15-24(20)30-25-16-9-6-13-21(25)27(23)28-22-14-7-10-17-26(22)31-29(19)28/h5-10,12-18H,2-4,11H2,1H3. The second-order valence-electron chi connectivity index (χ2n) is 8.31. The van der Waals surface area contributed by atoms with Gasteiger partial charge in [-0.05, 0) is 64.9 Å². The molecular formula is C29H24S2. The Labute approximate surface area is 191 Å². The molecule has 0 radical (unpaired) electrons. The van der Waals surface area contributed by atoms with E-state index in [1.807, 2.05) is 23.1 Å². The maximum absolute atomic E-state index is 2.52. The number of hydrogen-bond donors (Lipinski definition) is 0. The van der Waals surface area contributed by atoms with Gasteiger partial charge in [-0.2, -0.15) is 0 Å². The monoisotopic (exact) mass is 436 g/mol. The molecule has 4 aromatic carbocycles. The van der Waals surface area contributed by atoms with Crippen LogP contribution in [0.15, 0.2) is 88.7 Å². The molecule has 0 fully saturated rings. The smallest absolute Gasteiger partial charge is 0.0394 e. The number of hydrogen-bond acceptors (Lipinski definition) is 2. The second kappa shape index (κ2) is 7.85. The van der Waals surface area contributed by atoms with Crippen LogP contribution >= 0.6 is 23.1 Å². The van der Waals surface area contributed by atoms with Crippen molar-refractivity contribution in [3.8, 4) is 22.3 Å². The molecule has 0 amide bonds. The highest BCUT2D eigenvalue weighted by molar-refractivity contribution is 7.99. The summed E-state index contributed by atoms with van der Waals surface area (Å²) in [5, 5.41) is 2.85. The first-order valence-corrected chi connectivity index (χ1v) is 12.8. The molecule has 0 N–H and O–H groups in total. The summed E-state index contributed by atoms with van der Waals surface area (Å²) in [6.45, 7) is 2.29. The highest BCUT2D eigenvalue weighted by Crippen LogP contribution is 2.53. The lowest BCUT2D eigenvalue weighted by molar-refractivity contribution is 0.720. The Kier molecular flexibility index (Phi) is 4.85. The summed E-state index contributed by atoms with van der Waals surface area (Å²) in [5.74, 6) is 0. The Morgan fingerprint density at radius 3 is 2.26 bits per heavy atom. The summed E-state index contributed by atoms with van der Waals surface area (Å²) in [6, 6.07) is 29.4. The van der Waals surface area contributed by atoms with Gasteiger partial charge < -0.3 is 0 Å². The van der Waals surface area contributed by atoms with Crippen LogP contribution in [0.5, 0.6) is 0 Å². The first-order valence-electron chi connectivity index (χ1n) is 11.2. The molecule has 1 aromatic heterocycles. The number of fused-ring (bicyclic) bond motifs is 9. The van der Waals surface area contributed by atoms with Gasteiger partial charge in [-0.1, -0.05) is 86.1 Å². The van der Waals surface area contributed by atoms with Gasteiger partial charge in [0.2, 0.25) is 0 Å². The lowest BCUT2D eigenvalue weighted by Crippen LogP contribution is -1.93. The molecule has 6 rings (SSSR count). The molecular weight excluding hydrogens is 412 g/mol. The predicted molar refractivity (Wildman–Crippen MR) is 138 cm³/mol. The minimum atomic E-state index is 1.15. The summed E-state index contributed by atoms with van der Waals surface area (Å²) in [6.07, 6.45) is 4.96. The van der Waals surface area contributed by atoms with E-state index in [1.54, 1.807) is 0 Å². The van der Waals surface area contributed by atoms with Crippen LogP contribution in [0.2, 0.25) is 0 Å². The lowest BCUT2D eigenvalue weighted by atomic mass is 9.88. The van der Waals surface area contributed by atoms with Crippen molar-refractivity contribution in [2.75, 3.05) is 0 Å². The number of aryl methyl sites for hydroxylation is 1. The molecule has 1 aliphatic heterocycles. The van der Waals surface area contributed by atoms with Gasteiger partial charge in [0, 0.05) is 30.0 Å². The third-order valence-corrected chi connectivity index (χ3v) is 8.73. The molecule has 5 aromatic rings. The van der Waals surface area contributed by atoms with Crippen molar-refractivity contribution in [2.24, 2.45) is 0 Å². The van der Waals surface area contributed by atoms with E-state index in [4.69, 9.17) is 0 Å². The topological polar surface area (TPSA) is 0 Å². The number of benzene rings is 4. The van der Waals surface area contributed by atoms with Gasteiger partial charge >= 0.3 is 0 Å². The van der Waals surface area contributed by atoms with Crippen molar-refractivity contribution >= 4 is 43.3 Å². The predicted octanol–water partition coefficient (Wildman–Crippen LogP) is 9.59. The number of unbranched alkanes of at least 4 members (excludes halogenated alkanes) is 2. The molecule has 0 aliphatic carbocycles. The second-order valence-corrected chi connectivity index (χ2v) is 10.4. The molecule has 0 bridgehead atoms. The van der Waals surface area contributed by atoms with E-state index >= 15 is 0 Å².